The van der Waals surface area contributed by atoms with Gasteiger partial charge in [-0.2, -0.15) is 4.40 Å². The van der Waals surface area contributed by atoms with Crippen LogP contribution in [0.5, 0.6) is 0 Å². The summed E-state index contributed by atoms with van der Waals surface area (Å²) in [5.74, 6) is 0. The molecular formula is C19H14ClN2+. The van der Waals surface area contributed by atoms with E-state index in [1.54, 1.807) is 0 Å². The van der Waals surface area contributed by atoms with Gasteiger partial charge in [0.05, 0.1) is 0 Å². The fraction of sp³-hybridized carbons (Fsp3) is 0. The van der Waals surface area contributed by atoms with E-state index in [0.717, 1.165) is 16.4 Å². The fourth-order valence-electron chi connectivity index (χ4n) is 2.61. The van der Waals surface area contributed by atoms with Gasteiger partial charge in [0, 0.05) is 40.0 Å². The third-order valence-electron chi connectivity index (χ3n) is 3.72. The third-order valence-corrected chi connectivity index (χ3v) is 3.98. The van der Waals surface area contributed by atoms with E-state index in [1.807, 2.05) is 30.3 Å². The SMILES string of the molecule is Clc1ccc(Nc2ccc3c[n+]4ccccc4cc3c2)cc1. The molecule has 106 valence electrons. The predicted molar refractivity (Wildman–Crippen MR) is 91.8 cm³/mol. The first-order valence-corrected chi connectivity index (χ1v) is 7.52. The summed E-state index contributed by atoms with van der Waals surface area (Å²) in [6.45, 7) is 0. The molecule has 4 aromatic rings. The molecule has 0 bridgehead atoms. The molecule has 0 saturated carbocycles. The van der Waals surface area contributed by atoms with Gasteiger partial charge in [0.1, 0.15) is 0 Å². The second-order valence-electron chi connectivity index (χ2n) is 5.28. The van der Waals surface area contributed by atoms with Gasteiger partial charge in [0.2, 0.25) is 5.52 Å². The predicted octanol–water partition coefficient (Wildman–Crippen LogP) is 4.98. The molecule has 2 heterocycles. The van der Waals surface area contributed by atoms with E-state index < -0.39 is 0 Å². The molecule has 0 unspecified atom stereocenters. The number of aromatic nitrogens is 1. The summed E-state index contributed by atoms with van der Waals surface area (Å²) in [6, 6.07) is 22.5. The normalized spacial score (nSPS) is 11.0. The van der Waals surface area contributed by atoms with Gasteiger partial charge in [-0.25, -0.2) is 0 Å². The van der Waals surface area contributed by atoms with Gasteiger partial charge in [-0.15, -0.1) is 0 Å². The van der Waals surface area contributed by atoms with Crippen LogP contribution in [0, 0.1) is 0 Å². The van der Waals surface area contributed by atoms with Gasteiger partial charge in [0.15, 0.2) is 12.4 Å². The number of hydrogen-bond acceptors (Lipinski definition) is 1. The molecule has 3 heteroatoms. The number of benzene rings is 2. The first kappa shape index (κ1) is 13.1. The highest BCUT2D eigenvalue weighted by Gasteiger charge is 2.05. The van der Waals surface area contributed by atoms with Crippen molar-refractivity contribution in [3.63, 3.8) is 0 Å². The zero-order chi connectivity index (χ0) is 14.9. The van der Waals surface area contributed by atoms with Crippen molar-refractivity contribution in [3.8, 4) is 0 Å². The standard InChI is InChI=1S/C19H13ClN2/c20-16-5-8-17(9-6-16)21-18-7-4-14-13-22-10-2-1-3-19(22)12-15(14)11-18/h1-13H/p+1. The molecule has 22 heavy (non-hydrogen) atoms. The van der Waals surface area contributed by atoms with Gasteiger partial charge in [-0.1, -0.05) is 11.6 Å². The van der Waals surface area contributed by atoms with E-state index in [2.05, 4.69) is 58.5 Å². The lowest BCUT2D eigenvalue weighted by Gasteiger charge is -2.07. The van der Waals surface area contributed by atoms with Crippen LogP contribution in [0.15, 0.2) is 79.1 Å². The Morgan fingerprint density at radius 1 is 0.773 bits per heavy atom. The Labute approximate surface area is 133 Å². The molecule has 0 aliphatic carbocycles. The van der Waals surface area contributed by atoms with Crippen molar-refractivity contribution < 1.29 is 4.40 Å². The van der Waals surface area contributed by atoms with Crippen LogP contribution in [0.3, 0.4) is 0 Å². The van der Waals surface area contributed by atoms with Crippen molar-refractivity contribution in [1.82, 2.24) is 0 Å². The second-order valence-corrected chi connectivity index (χ2v) is 5.72. The molecule has 0 amide bonds. The fourth-order valence-corrected chi connectivity index (χ4v) is 2.74. The molecular weight excluding hydrogens is 292 g/mol. The van der Waals surface area contributed by atoms with Crippen molar-refractivity contribution in [3.05, 3.63) is 84.1 Å². The highest BCUT2D eigenvalue weighted by atomic mass is 35.5. The maximum atomic E-state index is 5.92. The van der Waals surface area contributed by atoms with Crippen LogP contribution in [0.25, 0.3) is 16.3 Å². The van der Waals surface area contributed by atoms with Crippen molar-refractivity contribution in [1.29, 1.82) is 0 Å². The summed E-state index contributed by atoms with van der Waals surface area (Å²) in [4.78, 5) is 0. The Balaban J connectivity index is 1.76. The van der Waals surface area contributed by atoms with Crippen LogP contribution in [-0.4, -0.2) is 0 Å². The van der Waals surface area contributed by atoms with Crippen LogP contribution >= 0.6 is 11.6 Å². The van der Waals surface area contributed by atoms with Crippen LogP contribution in [-0.2, 0) is 0 Å². The largest absolute Gasteiger partial charge is 0.356 e. The molecule has 2 nitrogen and oxygen atoms in total. The molecule has 0 spiro atoms. The maximum absolute atomic E-state index is 5.92. The summed E-state index contributed by atoms with van der Waals surface area (Å²) in [5, 5.41) is 6.58. The monoisotopic (exact) mass is 305 g/mol. The summed E-state index contributed by atoms with van der Waals surface area (Å²) in [7, 11) is 0. The average molecular weight is 306 g/mol. The van der Waals surface area contributed by atoms with Crippen molar-refractivity contribution >= 4 is 39.3 Å². The highest BCUT2D eigenvalue weighted by molar-refractivity contribution is 6.30. The van der Waals surface area contributed by atoms with Crippen molar-refractivity contribution in [2.45, 2.75) is 0 Å². The van der Waals surface area contributed by atoms with E-state index in [0.29, 0.717) is 0 Å². The number of halogens is 1. The lowest BCUT2D eigenvalue weighted by molar-refractivity contribution is -0.510. The van der Waals surface area contributed by atoms with Gasteiger partial charge >= 0.3 is 0 Å². The molecule has 0 radical (unpaired) electrons. The first-order valence-electron chi connectivity index (χ1n) is 7.14. The van der Waals surface area contributed by atoms with E-state index in [9.17, 15) is 0 Å². The minimum Gasteiger partial charge on any atom is -0.356 e. The average Bonchev–Trinajstić information content (AvgIpc) is 2.55. The Morgan fingerprint density at radius 2 is 1.59 bits per heavy atom. The molecule has 0 saturated heterocycles. The molecule has 0 fully saturated rings. The smallest absolute Gasteiger partial charge is 0.211 e. The number of fused-ring (bicyclic) bond motifs is 2. The van der Waals surface area contributed by atoms with Gasteiger partial charge in [-0.3, -0.25) is 0 Å². The third kappa shape index (κ3) is 2.49. The number of nitrogens with one attached hydrogen (secondary N) is 1. The van der Waals surface area contributed by atoms with Crippen LogP contribution < -0.4 is 9.72 Å². The van der Waals surface area contributed by atoms with Crippen LogP contribution in [0.1, 0.15) is 0 Å². The van der Waals surface area contributed by atoms with Crippen LogP contribution in [0.4, 0.5) is 11.4 Å². The number of anilines is 2. The summed E-state index contributed by atoms with van der Waals surface area (Å²) >= 11 is 5.92. The summed E-state index contributed by atoms with van der Waals surface area (Å²) in [6.07, 6.45) is 4.21. The second kappa shape index (κ2) is 5.32. The topological polar surface area (TPSA) is 16.1 Å². The van der Waals surface area contributed by atoms with Gasteiger partial charge in [0.25, 0.3) is 0 Å². The lowest BCUT2D eigenvalue weighted by Crippen LogP contribution is -2.19. The number of pyridine rings is 2. The zero-order valence-electron chi connectivity index (χ0n) is 11.8. The Morgan fingerprint density at radius 3 is 2.45 bits per heavy atom. The van der Waals surface area contributed by atoms with E-state index in [1.165, 1.54) is 16.3 Å². The molecule has 1 N–H and O–H groups in total. The summed E-state index contributed by atoms with van der Waals surface area (Å²) < 4.78 is 2.13. The highest BCUT2D eigenvalue weighted by Crippen LogP contribution is 2.23. The summed E-state index contributed by atoms with van der Waals surface area (Å²) in [5.41, 5.74) is 3.27. The Kier molecular flexibility index (Phi) is 3.17. The van der Waals surface area contributed by atoms with Gasteiger partial charge in [-0.05, 0) is 53.9 Å². The van der Waals surface area contributed by atoms with Gasteiger partial charge < -0.3 is 5.32 Å². The minimum atomic E-state index is 0.743. The quantitative estimate of drug-likeness (QED) is 0.408. The Hall–Kier alpha value is -2.58. The number of nitrogens with zero attached hydrogens (tertiary/aromatic N) is 1. The molecule has 0 atom stereocenters. The number of rotatable bonds is 2. The number of hydrogen-bond donors (Lipinski definition) is 1. The zero-order valence-corrected chi connectivity index (χ0v) is 12.6. The Bertz CT molecular complexity index is 962. The lowest BCUT2D eigenvalue weighted by atomic mass is 10.1. The minimum absolute atomic E-state index is 0.743. The molecule has 4 rings (SSSR count). The van der Waals surface area contributed by atoms with Crippen LogP contribution in [0.2, 0.25) is 5.02 Å². The van der Waals surface area contributed by atoms with Crippen molar-refractivity contribution in [2.24, 2.45) is 0 Å². The first-order chi connectivity index (χ1) is 10.8. The molecule has 0 aliphatic heterocycles. The molecule has 0 aliphatic rings. The van der Waals surface area contributed by atoms with E-state index >= 15 is 0 Å². The molecule has 2 aromatic heterocycles. The maximum Gasteiger partial charge on any atom is 0.211 e. The molecule has 2 aromatic carbocycles. The van der Waals surface area contributed by atoms with Crippen molar-refractivity contribution in [2.75, 3.05) is 5.32 Å². The van der Waals surface area contributed by atoms with E-state index in [-0.39, 0.29) is 0 Å². The van der Waals surface area contributed by atoms with E-state index in [4.69, 9.17) is 11.6 Å².